The van der Waals surface area contributed by atoms with Crippen LogP contribution in [-0.4, -0.2) is 28.3 Å². The summed E-state index contributed by atoms with van der Waals surface area (Å²) in [6.45, 7) is 8.23. The van der Waals surface area contributed by atoms with Gasteiger partial charge in [-0.25, -0.2) is 4.98 Å². The van der Waals surface area contributed by atoms with Gasteiger partial charge in [0.1, 0.15) is 5.65 Å². The predicted octanol–water partition coefficient (Wildman–Crippen LogP) is 3.53. The summed E-state index contributed by atoms with van der Waals surface area (Å²) in [6.07, 6.45) is 1.83. The summed E-state index contributed by atoms with van der Waals surface area (Å²) in [7, 11) is -0.387. The van der Waals surface area contributed by atoms with Crippen molar-refractivity contribution in [3.05, 3.63) is 48.7 Å². The van der Waals surface area contributed by atoms with Crippen LogP contribution in [-0.2, 0) is 9.31 Å². The molecule has 3 aromatic rings. The summed E-state index contributed by atoms with van der Waals surface area (Å²) in [4.78, 5) is 7.92. The van der Waals surface area contributed by atoms with Crippen molar-refractivity contribution in [2.24, 2.45) is 0 Å². The Labute approximate surface area is 142 Å². The second-order valence-corrected chi connectivity index (χ2v) is 7.34. The molecule has 1 aliphatic rings. The minimum Gasteiger partial charge on any atom is -0.399 e. The van der Waals surface area contributed by atoms with E-state index in [9.17, 15) is 0 Å². The topological polar surface area (TPSA) is 47.1 Å². The first-order valence-electron chi connectivity index (χ1n) is 8.25. The lowest BCUT2D eigenvalue weighted by Gasteiger charge is -2.32. The molecule has 1 fully saturated rings. The van der Waals surface area contributed by atoms with E-state index in [2.05, 4.69) is 61.9 Å². The Balaban J connectivity index is 1.70. The van der Waals surface area contributed by atoms with E-state index in [0.717, 1.165) is 27.8 Å². The molecule has 1 N–H and O–H groups in total. The van der Waals surface area contributed by atoms with E-state index in [-0.39, 0.29) is 18.3 Å². The van der Waals surface area contributed by atoms with Gasteiger partial charge in [0.15, 0.2) is 0 Å². The number of aromatic nitrogens is 2. The summed E-state index contributed by atoms with van der Waals surface area (Å²) in [5, 5.41) is 1.06. The van der Waals surface area contributed by atoms with Gasteiger partial charge in [-0.1, -0.05) is 30.3 Å². The highest BCUT2D eigenvalue weighted by Gasteiger charge is 2.51. The maximum absolute atomic E-state index is 6.12. The second kappa shape index (κ2) is 5.20. The number of nitrogens with zero attached hydrogens (tertiary/aromatic N) is 1. The van der Waals surface area contributed by atoms with Crippen molar-refractivity contribution in [3.63, 3.8) is 0 Å². The maximum atomic E-state index is 6.12. The molecular formula is C19H21BN2O2. The Kier molecular flexibility index (Phi) is 3.34. The van der Waals surface area contributed by atoms with Crippen LogP contribution >= 0.6 is 0 Å². The zero-order chi connectivity index (χ0) is 16.9. The van der Waals surface area contributed by atoms with Crippen molar-refractivity contribution < 1.29 is 9.31 Å². The molecule has 122 valence electrons. The van der Waals surface area contributed by atoms with E-state index in [1.807, 2.05) is 24.4 Å². The van der Waals surface area contributed by atoms with Crippen LogP contribution in [0.2, 0.25) is 0 Å². The van der Waals surface area contributed by atoms with Crippen molar-refractivity contribution in [1.29, 1.82) is 0 Å². The van der Waals surface area contributed by atoms with E-state index < -0.39 is 0 Å². The van der Waals surface area contributed by atoms with Crippen LogP contribution in [0, 0.1) is 0 Å². The molecule has 24 heavy (non-hydrogen) atoms. The standard InChI is InChI=1S/C19H21BN2O2/c1-18(2)19(3,4)24-20(23-18)15-10-14-11-16(22-17(14)21-12-15)13-8-6-5-7-9-13/h5-12H,1-4H3,(H,21,22). The van der Waals surface area contributed by atoms with Crippen molar-refractivity contribution in [1.82, 2.24) is 9.97 Å². The molecule has 2 aromatic heterocycles. The number of pyridine rings is 1. The third kappa shape index (κ3) is 2.45. The molecule has 4 rings (SSSR count). The number of fused-ring (bicyclic) bond motifs is 1. The Morgan fingerprint density at radius 3 is 2.29 bits per heavy atom. The van der Waals surface area contributed by atoms with Crippen LogP contribution in [0.4, 0.5) is 0 Å². The summed E-state index contributed by atoms with van der Waals surface area (Å²) < 4.78 is 12.2. The van der Waals surface area contributed by atoms with Gasteiger partial charge in [0.2, 0.25) is 0 Å². The van der Waals surface area contributed by atoms with Gasteiger partial charge in [-0.3, -0.25) is 0 Å². The van der Waals surface area contributed by atoms with Gasteiger partial charge in [0.05, 0.1) is 11.2 Å². The summed E-state index contributed by atoms with van der Waals surface area (Å²) in [5.74, 6) is 0. The third-order valence-corrected chi connectivity index (χ3v) is 5.10. The molecule has 0 aliphatic carbocycles. The van der Waals surface area contributed by atoms with Gasteiger partial charge >= 0.3 is 7.12 Å². The van der Waals surface area contributed by atoms with Gasteiger partial charge in [-0.2, -0.15) is 0 Å². The average Bonchev–Trinajstić information content (AvgIpc) is 3.06. The number of hydrogen-bond donors (Lipinski definition) is 1. The fourth-order valence-electron chi connectivity index (χ4n) is 2.91. The predicted molar refractivity (Wildman–Crippen MR) is 97.2 cm³/mol. The van der Waals surface area contributed by atoms with Gasteiger partial charge in [-0.15, -0.1) is 0 Å². The molecule has 1 aliphatic heterocycles. The molecule has 5 heteroatoms. The van der Waals surface area contributed by atoms with E-state index in [1.54, 1.807) is 0 Å². The Morgan fingerprint density at radius 1 is 0.958 bits per heavy atom. The monoisotopic (exact) mass is 320 g/mol. The Morgan fingerprint density at radius 2 is 1.62 bits per heavy atom. The van der Waals surface area contributed by atoms with Crippen LogP contribution < -0.4 is 5.46 Å². The largest absolute Gasteiger partial charge is 0.496 e. The molecular weight excluding hydrogens is 299 g/mol. The fraction of sp³-hybridized carbons (Fsp3) is 0.316. The number of rotatable bonds is 2. The molecule has 0 radical (unpaired) electrons. The lowest BCUT2D eigenvalue weighted by Crippen LogP contribution is -2.41. The van der Waals surface area contributed by atoms with Crippen molar-refractivity contribution in [2.75, 3.05) is 0 Å². The van der Waals surface area contributed by atoms with Crippen molar-refractivity contribution >= 4 is 23.6 Å². The number of nitrogens with one attached hydrogen (secondary N) is 1. The molecule has 0 spiro atoms. The number of benzene rings is 1. The highest BCUT2D eigenvalue weighted by atomic mass is 16.7. The molecule has 0 bridgehead atoms. The minimum atomic E-state index is -0.387. The van der Waals surface area contributed by atoms with Crippen LogP contribution in [0.5, 0.6) is 0 Å². The molecule has 0 saturated carbocycles. The number of hydrogen-bond acceptors (Lipinski definition) is 3. The van der Waals surface area contributed by atoms with Crippen LogP contribution in [0.15, 0.2) is 48.7 Å². The van der Waals surface area contributed by atoms with Crippen molar-refractivity contribution in [2.45, 2.75) is 38.9 Å². The van der Waals surface area contributed by atoms with E-state index in [1.165, 1.54) is 0 Å². The van der Waals surface area contributed by atoms with E-state index in [4.69, 9.17) is 9.31 Å². The van der Waals surface area contributed by atoms with E-state index >= 15 is 0 Å². The first-order valence-corrected chi connectivity index (χ1v) is 8.25. The Hall–Kier alpha value is -2.11. The summed E-state index contributed by atoms with van der Waals surface area (Å²) >= 11 is 0. The zero-order valence-corrected chi connectivity index (χ0v) is 14.5. The van der Waals surface area contributed by atoms with E-state index in [0.29, 0.717) is 0 Å². The number of H-pyrrole nitrogens is 1. The quantitative estimate of drug-likeness (QED) is 0.735. The van der Waals surface area contributed by atoms with Gasteiger partial charge in [-0.05, 0) is 45.4 Å². The highest BCUT2D eigenvalue weighted by molar-refractivity contribution is 6.62. The fourth-order valence-corrected chi connectivity index (χ4v) is 2.91. The molecule has 1 aromatic carbocycles. The normalized spacial score (nSPS) is 19.1. The average molecular weight is 320 g/mol. The van der Waals surface area contributed by atoms with Crippen LogP contribution in [0.25, 0.3) is 22.3 Å². The Bertz CT molecular complexity index is 871. The molecule has 4 nitrogen and oxygen atoms in total. The zero-order valence-electron chi connectivity index (χ0n) is 14.5. The first-order chi connectivity index (χ1) is 11.4. The lowest BCUT2D eigenvalue weighted by atomic mass is 9.80. The number of aromatic amines is 1. The smallest absolute Gasteiger partial charge is 0.399 e. The molecule has 0 atom stereocenters. The summed E-state index contributed by atoms with van der Waals surface area (Å²) in [5.41, 5.74) is 3.32. The van der Waals surface area contributed by atoms with Gasteiger partial charge in [0, 0.05) is 22.7 Å². The lowest BCUT2D eigenvalue weighted by molar-refractivity contribution is 0.00578. The first kappa shape index (κ1) is 15.4. The van der Waals surface area contributed by atoms with Gasteiger partial charge < -0.3 is 14.3 Å². The van der Waals surface area contributed by atoms with Crippen LogP contribution in [0.3, 0.4) is 0 Å². The molecule has 0 unspecified atom stereocenters. The molecule has 1 saturated heterocycles. The van der Waals surface area contributed by atoms with Gasteiger partial charge in [0.25, 0.3) is 0 Å². The van der Waals surface area contributed by atoms with Crippen LogP contribution in [0.1, 0.15) is 27.7 Å². The van der Waals surface area contributed by atoms with Crippen molar-refractivity contribution in [3.8, 4) is 11.3 Å². The SMILES string of the molecule is CC1(C)OB(c2cnc3[nH]c(-c4ccccc4)cc3c2)OC1(C)C. The second-order valence-electron chi connectivity index (χ2n) is 7.34. The maximum Gasteiger partial charge on any atom is 0.496 e. The highest BCUT2D eigenvalue weighted by Crippen LogP contribution is 2.36. The minimum absolute atomic E-state index is 0.347. The molecule has 3 heterocycles. The summed E-state index contributed by atoms with van der Waals surface area (Å²) in [6, 6.07) is 14.5. The molecule has 0 amide bonds. The third-order valence-electron chi connectivity index (χ3n) is 5.10.